The quantitative estimate of drug-likeness (QED) is 0.595. The van der Waals surface area contributed by atoms with Crippen LogP contribution in [-0.4, -0.2) is 18.0 Å². The summed E-state index contributed by atoms with van der Waals surface area (Å²) in [5, 5.41) is 5.64. The molecule has 0 bridgehead atoms. The van der Waals surface area contributed by atoms with E-state index in [0.717, 1.165) is 22.3 Å². The zero-order valence-electron chi connectivity index (χ0n) is 17.0. The lowest BCUT2D eigenvalue weighted by atomic mass is 10.0. The number of hydrogen-bond acceptors (Lipinski definition) is 3. The largest absolute Gasteiger partial charge is 0.445 e. The summed E-state index contributed by atoms with van der Waals surface area (Å²) >= 11 is 0. The summed E-state index contributed by atoms with van der Waals surface area (Å²) in [5.41, 5.74) is 3.98. The number of carbonyl (C=O) groups excluding carboxylic acids is 2. The van der Waals surface area contributed by atoms with Crippen LogP contribution in [-0.2, 0) is 29.1 Å². The number of carbonyl (C=O) groups is 2. The van der Waals surface area contributed by atoms with Crippen molar-refractivity contribution in [2.24, 2.45) is 0 Å². The number of nitrogens with one attached hydrogen (secondary N) is 2. The van der Waals surface area contributed by atoms with Crippen molar-refractivity contribution in [3.05, 3.63) is 107 Å². The Morgan fingerprint density at radius 1 is 0.833 bits per heavy atom. The number of alkyl carbamates (subject to hydrolysis) is 1. The first-order chi connectivity index (χ1) is 14.6. The summed E-state index contributed by atoms with van der Waals surface area (Å²) in [6, 6.07) is 26.2. The Morgan fingerprint density at radius 2 is 1.43 bits per heavy atom. The van der Waals surface area contributed by atoms with Crippen LogP contribution in [0.2, 0.25) is 0 Å². The van der Waals surface area contributed by atoms with Gasteiger partial charge in [-0.15, -0.1) is 0 Å². The van der Waals surface area contributed by atoms with Gasteiger partial charge < -0.3 is 15.4 Å². The van der Waals surface area contributed by atoms with Crippen molar-refractivity contribution in [2.75, 3.05) is 0 Å². The molecular weight excluding hydrogens is 376 g/mol. The highest BCUT2D eigenvalue weighted by molar-refractivity contribution is 5.85. The van der Waals surface area contributed by atoms with Crippen molar-refractivity contribution in [3.63, 3.8) is 0 Å². The van der Waals surface area contributed by atoms with Crippen LogP contribution in [0, 0.1) is 6.92 Å². The summed E-state index contributed by atoms with van der Waals surface area (Å²) in [6.07, 6.45) is -0.244. The first-order valence-corrected chi connectivity index (χ1v) is 9.95. The standard InChI is InChI=1S/C25H26N2O3/c1-19-10-8-9-15-22(19)17-26-24(28)23(16-20-11-4-2-5-12-20)27-25(29)30-18-21-13-6-3-7-14-21/h2-15,23H,16-18H2,1H3,(H,26,28)(H,27,29)/t23-/m0/s1. The van der Waals surface area contributed by atoms with Gasteiger partial charge in [-0.1, -0.05) is 84.9 Å². The van der Waals surface area contributed by atoms with Gasteiger partial charge in [0.1, 0.15) is 12.6 Å². The van der Waals surface area contributed by atoms with Gasteiger partial charge in [0, 0.05) is 13.0 Å². The molecule has 2 amide bonds. The van der Waals surface area contributed by atoms with Gasteiger partial charge in [0.05, 0.1) is 0 Å². The van der Waals surface area contributed by atoms with Gasteiger partial charge in [-0.25, -0.2) is 4.79 Å². The van der Waals surface area contributed by atoms with E-state index in [-0.39, 0.29) is 12.5 Å². The molecule has 154 valence electrons. The van der Waals surface area contributed by atoms with Gasteiger partial charge in [0.2, 0.25) is 5.91 Å². The molecule has 0 aliphatic carbocycles. The maximum Gasteiger partial charge on any atom is 0.408 e. The van der Waals surface area contributed by atoms with Crippen LogP contribution in [0.1, 0.15) is 22.3 Å². The molecule has 0 heterocycles. The highest BCUT2D eigenvalue weighted by atomic mass is 16.5. The summed E-state index contributed by atoms with van der Waals surface area (Å²) in [6.45, 7) is 2.55. The first-order valence-electron chi connectivity index (χ1n) is 9.95. The minimum atomic E-state index is -0.736. The minimum Gasteiger partial charge on any atom is -0.445 e. The van der Waals surface area contributed by atoms with Crippen molar-refractivity contribution in [3.8, 4) is 0 Å². The van der Waals surface area contributed by atoms with Crippen LogP contribution in [0.5, 0.6) is 0 Å². The normalized spacial score (nSPS) is 11.4. The van der Waals surface area contributed by atoms with Crippen molar-refractivity contribution in [2.45, 2.75) is 32.5 Å². The van der Waals surface area contributed by atoms with Crippen LogP contribution in [0.25, 0.3) is 0 Å². The Morgan fingerprint density at radius 3 is 2.10 bits per heavy atom. The molecule has 0 fully saturated rings. The number of amides is 2. The lowest BCUT2D eigenvalue weighted by Gasteiger charge is -2.19. The summed E-state index contributed by atoms with van der Waals surface area (Å²) in [4.78, 5) is 25.2. The molecule has 5 nitrogen and oxygen atoms in total. The number of benzene rings is 3. The number of aryl methyl sites for hydroxylation is 1. The third-order valence-electron chi connectivity index (χ3n) is 4.82. The van der Waals surface area contributed by atoms with Crippen molar-refractivity contribution >= 4 is 12.0 Å². The van der Waals surface area contributed by atoms with E-state index in [1.807, 2.05) is 91.9 Å². The van der Waals surface area contributed by atoms with Gasteiger partial charge in [-0.05, 0) is 29.2 Å². The van der Waals surface area contributed by atoms with Gasteiger partial charge in [-0.2, -0.15) is 0 Å². The summed E-state index contributed by atoms with van der Waals surface area (Å²) in [7, 11) is 0. The maximum atomic E-state index is 12.9. The van der Waals surface area contributed by atoms with E-state index in [2.05, 4.69) is 10.6 Å². The zero-order valence-corrected chi connectivity index (χ0v) is 17.0. The fraction of sp³-hybridized carbons (Fsp3) is 0.200. The molecule has 3 aromatic carbocycles. The Balaban J connectivity index is 1.62. The van der Waals surface area contributed by atoms with E-state index >= 15 is 0 Å². The Labute approximate surface area is 177 Å². The predicted octanol–water partition coefficient (Wildman–Crippen LogP) is 4.15. The zero-order chi connectivity index (χ0) is 21.2. The van der Waals surface area contributed by atoms with Crippen LogP contribution in [0.3, 0.4) is 0 Å². The lowest BCUT2D eigenvalue weighted by molar-refractivity contribution is -0.123. The van der Waals surface area contributed by atoms with Gasteiger partial charge in [-0.3, -0.25) is 4.79 Å². The molecule has 0 saturated heterocycles. The molecule has 2 N–H and O–H groups in total. The van der Waals surface area contributed by atoms with Crippen LogP contribution in [0.4, 0.5) is 4.79 Å². The molecule has 0 spiro atoms. The summed E-state index contributed by atoms with van der Waals surface area (Å²) < 4.78 is 5.30. The minimum absolute atomic E-state index is 0.148. The molecule has 1 atom stereocenters. The lowest BCUT2D eigenvalue weighted by Crippen LogP contribution is -2.48. The van der Waals surface area contributed by atoms with E-state index < -0.39 is 12.1 Å². The predicted molar refractivity (Wildman–Crippen MR) is 117 cm³/mol. The third-order valence-corrected chi connectivity index (χ3v) is 4.82. The summed E-state index contributed by atoms with van der Waals surface area (Å²) in [5.74, 6) is -0.251. The second kappa shape index (κ2) is 10.8. The van der Waals surface area contributed by atoms with Gasteiger partial charge in [0.25, 0.3) is 0 Å². The maximum absolute atomic E-state index is 12.9. The molecule has 0 aliphatic rings. The van der Waals surface area contributed by atoms with Gasteiger partial charge >= 0.3 is 6.09 Å². The van der Waals surface area contributed by atoms with E-state index in [4.69, 9.17) is 4.74 Å². The number of rotatable bonds is 8. The van der Waals surface area contributed by atoms with E-state index in [1.165, 1.54) is 0 Å². The molecule has 0 unspecified atom stereocenters. The third kappa shape index (κ3) is 6.48. The second-order valence-corrected chi connectivity index (χ2v) is 7.09. The topological polar surface area (TPSA) is 67.4 Å². The fourth-order valence-electron chi connectivity index (χ4n) is 3.08. The highest BCUT2D eigenvalue weighted by Gasteiger charge is 2.22. The molecular formula is C25H26N2O3. The van der Waals surface area contributed by atoms with Crippen LogP contribution < -0.4 is 10.6 Å². The molecule has 0 aliphatic heterocycles. The molecule has 3 rings (SSSR count). The van der Waals surface area contributed by atoms with Crippen molar-refractivity contribution < 1.29 is 14.3 Å². The Kier molecular flexibility index (Phi) is 7.61. The molecule has 0 aromatic heterocycles. The van der Waals surface area contributed by atoms with Crippen LogP contribution >= 0.6 is 0 Å². The van der Waals surface area contributed by atoms with Gasteiger partial charge in [0.15, 0.2) is 0 Å². The average Bonchev–Trinajstić information content (AvgIpc) is 2.78. The van der Waals surface area contributed by atoms with E-state index in [0.29, 0.717) is 13.0 Å². The molecule has 5 heteroatoms. The second-order valence-electron chi connectivity index (χ2n) is 7.09. The monoisotopic (exact) mass is 402 g/mol. The molecule has 0 radical (unpaired) electrons. The Bertz CT molecular complexity index is 958. The van der Waals surface area contributed by atoms with Crippen LogP contribution in [0.15, 0.2) is 84.9 Å². The van der Waals surface area contributed by atoms with Crippen molar-refractivity contribution in [1.29, 1.82) is 0 Å². The smallest absolute Gasteiger partial charge is 0.408 e. The Hall–Kier alpha value is -3.60. The van der Waals surface area contributed by atoms with Crippen molar-refractivity contribution in [1.82, 2.24) is 10.6 Å². The fourth-order valence-corrected chi connectivity index (χ4v) is 3.08. The van der Waals surface area contributed by atoms with E-state index in [1.54, 1.807) is 0 Å². The van der Waals surface area contributed by atoms with E-state index in [9.17, 15) is 9.59 Å². The first kappa shape index (κ1) is 21.1. The number of ether oxygens (including phenoxy) is 1. The molecule has 0 saturated carbocycles. The SMILES string of the molecule is Cc1ccccc1CNC(=O)[C@H](Cc1ccccc1)NC(=O)OCc1ccccc1. The average molecular weight is 402 g/mol. The highest BCUT2D eigenvalue weighted by Crippen LogP contribution is 2.08. The molecule has 30 heavy (non-hydrogen) atoms. The number of hydrogen-bond donors (Lipinski definition) is 2. The molecule has 3 aromatic rings.